The summed E-state index contributed by atoms with van der Waals surface area (Å²) in [6.07, 6.45) is 0. The molecule has 2 rings (SSSR count). The molecule has 1 heterocycles. The van der Waals surface area contributed by atoms with Gasteiger partial charge in [0, 0.05) is 0 Å². The van der Waals surface area contributed by atoms with Gasteiger partial charge in [0.2, 0.25) is 5.95 Å². The van der Waals surface area contributed by atoms with Gasteiger partial charge in [-0.1, -0.05) is 11.2 Å². The molecule has 15 heavy (non-hydrogen) atoms. The highest BCUT2D eigenvalue weighted by molar-refractivity contribution is 5.50. The number of hydrogen-bond donors (Lipinski definition) is 1. The van der Waals surface area contributed by atoms with Gasteiger partial charge < -0.3 is 10.5 Å². The van der Waals surface area contributed by atoms with Crippen LogP contribution < -0.4 is 10.5 Å². The number of ether oxygens (including phenoxy) is 1. The number of nitrogens with two attached hydrogens (primary N) is 1. The molecule has 2 aromatic rings. The van der Waals surface area contributed by atoms with Gasteiger partial charge in [-0.2, -0.15) is 4.68 Å². The van der Waals surface area contributed by atoms with E-state index < -0.39 is 0 Å². The minimum absolute atomic E-state index is 0.233. The number of aromatic nitrogens is 4. The Bertz CT molecular complexity index is 479. The minimum atomic E-state index is 0.233. The summed E-state index contributed by atoms with van der Waals surface area (Å²) in [6.45, 7) is 1.98. The van der Waals surface area contributed by atoms with Crippen LogP contribution in [0.15, 0.2) is 18.2 Å². The van der Waals surface area contributed by atoms with Crippen LogP contribution in [0.2, 0.25) is 0 Å². The third kappa shape index (κ3) is 1.61. The quantitative estimate of drug-likeness (QED) is 0.775. The van der Waals surface area contributed by atoms with Crippen molar-refractivity contribution < 1.29 is 4.74 Å². The zero-order chi connectivity index (χ0) is 10.8. The van der Waals surface area contributed by atoms with E-state index in [0.29, 0.717) is 5.75 Å². The average molecular weight is 205 g/mol. The Labute approximate surface area is 86.7 Å². The first-order valence-corrected chi connectivity index (χ1v) is 4.41. The lowest BCUT2D eigenvalue weighted by Gasteiger charge is -2.08. The van der Waals surface area contributed by atoms with Crippen LogP contribution in [0, 0.1) is 6.92 Å². The van der Waals surface area contributed by atoms with Gasteiger partial charge in [0.1, 0.15) is 11.4 Å². The minimum Gasteiger partial charge on any atom is -0.494 e. The van der Waals surface area contributed by atoms with E-state index in [1.165, 1.54) is 4.68 Å². The molecule has 6 nitrogen and oxygen atoms in total. The van der Waals surface area contributed by atoms with Crippen molar-refractivity contribution in [3.63, 3.8) is 0 Å². The molecule has 0 radical (unpaired) electrons. The Morgan fingerprint density at radius 2 is 2.20 bits per heavy atom. The van der Waals surface area contributed by atoms with E-state index >= 15 is 0 Å². The number of anilines is 1. The van der Waals surface area contributed by atoms with Crippen LogP contribution in [0.4, 0.5) is 5.95 Å². The molecule has 2 N–H and O–H groups in total. The van der Waals surface area contributed by atoms with E-state index in [1.54, 1.807) is 7.11 Å². The lowest BCUT2D eigenvalue weighted by molar-refractivity contribution is 0.411. The number of nitrogens with zero attached hydrogens (tertiary/aromatic N) is 4. The maximum atomic E-state index is 5.61. The second-order valence-corrected chi connectivity index (χ2v) is 3.12. The normalized spacial score (nSPS) is 10.3. The maximum Gasteiger partial charge on any atom is 0.245 e. The predicted molar refractivity (Wildman–Crippen MR) is 54.9 cm³/mol. The zero-order valence-electron chi connectivity index (χ0n) is 8.51. The van der Waals surface area contributed by atoms with Crippen molar-refractivity contribution in [1.29, 1.82) is 0 Å². The predicted octanol–water partition coefficient (Wildman–Crippen LogP) is 0.562. The first-order chi connectivity index (χ1) is 7.22. The van der Waals surface area contributed by atoms with Crippen LogP contribution in [-0.4, -0.2) is 27.3 Å². The molecular weight excluding hydrogens is 194 g/mol. The standard InChI is InChI=1S/C9H11N5O/c1-6-3-4-7(8(5-6)15-2)14-9(10)11-12-13-14/h3-5H,1-2H3,(H2,10,11,13). The van der Waals surface area contributed by atoms with Crippen LogP contribution in [0.5, 0.6) is 5.75 Å². The van der Waals surface area contributed by atoms with E-state index in [9.17, 15) is 0 Å². The Kier molecular flexibility index (Phi) is 2.24. The molecule has 0 saturated heterocycles. The first-order valence-electron chi connectivity index (χ1n) is 4.41. The van der Waals surface area contributed by atoms with Gasteiger partial charge in [-0.05, 0) is 35.0 Å². The van der Waals surface area contributed by atoms with E-state index in [2.05, 4.69) is 15.5 Å². The lowest BCUT2D eigenvalue weighted by Crippen LogP contribution is -2.04. The molecule has 0 amide bonds. The molecule has 0 aliphatic heterocycles. The summed E-state index contributed by atoms with van der Waals surface area (Å²) in [5.74, 6) is 0.922. The molecule has 0 fully saturated rings. The van der Waals surface area contributed by atoms with E-state index in [-0.39, 0.29) is 5.95 Å². The summed E-state index contributed by atoms with van der Waals surface area (Å²) < 4.78 is 6.66. The van der Waals surface area contributed by atoms with E-state index in [1.807, 2.05) is 25.1 Å². The number of rotatable bonds is 2. The fourth-order valence-corrected chi connectivity index (χ4v) is 1.33. The van der Waals surface area contributed by atoms with Crippen LogP contribution in [0.1, 0.15) is 5.56 Å². The van der Waals surface area contributed by atoms with E-state index in [0.717, 1.165) is 11.3 Å². The van der Waals surface area contributed by atoms with Crippen LogP contribution in [0.25, 0.3) is 5.69 Å². The Balaban J connectivity index is 2.58. The molecule has 0 atom stereocenters. The number of tetrazole rings is 1. The largest absolute Gasteiger partial charge is 0.494 e. The fourth-order valence-electron chi connectivity index (χ4n) is 1.33. The molecular formula is C9H11N5O. The number of benzene rings is 1. The smallest absolute Gasteiger partial charge is 0.245 e. The van der Waals surface area contributed by atoms with E-state index in [4.69, 9.17) is 10.5 Å². The lowest BCUT2D eigenvalue weighted by atomic mass is 10.2. The highest BCUT2D eigenvalue weighted by atomic mass is 16.5. The Hall–Kier alpha value is -2.11. The second-order valence-electron chi connectivity index (χ2n) is 3.12. The molecule has 78 valence electrons. The van der Waals surface area contributed by atoms with Crippen molar-refractivity contribution in [3.05, 3.63) is 23.8 Å². The highest BCUT2D eigenvalue weighted by Crippen LogP contribution is 2.24. The van der Waals surface area contributed by atoms with Crippen molar-refractivity contribution in [1.82, 2.24) is 20.2 Å². The van der Waals surface area contributed by atoms with Gasteiger partial charge in [-0.25, -0.2) is 0 Å². The van der Waals surface area contributed by atoms with Crippen LogP contribution >= 0.6 is 0 Å². The Morgan fingerprint density at radius 1 is 1.40 bits per heavy atom. The third-order valence-electron chi connectivity index (χ3n) is 2.06. The van der Waals surface area contributed by atoms with Crippen molar-refractivity contribution in [2.45, 2.75) is 6.92 Å². The molecule has 0 aliphatic rings. The van der Waals surface area contributed by atoms with Gasteiger partial charge in [0.15, 0.2) is 0 Å². The van der Waals surface area contributed by atoms with Gasteiger partial charge in [0.25, 0.3) is 0 Å². The number of nitrogen functional groups attached to an aromatic ring is 1. The summed E-state index contributed by atoms with van der Waals surface area (Å²) in [5, 5.41) is 10.9. The van der Waals surface area contributed by atoms with Crippen molar-refractivity contribution >= 4 is 5.95 Å². The number of methoxy groups -OCH3 is 1. The van der Waals surface area contributed by atoms with Crippen molar-refractivity contribution in [2.24, 2.45) is 0 Å². The van der Waals surface area contributed by atoms with Crippen molar-refractivity contribution in [2.75, 3.05) is 12.8 Å². The SMILES string of the molecule is COc1cc(C)ccc1-n1nnnc1N. The Morgan fingerprint density at radius 3 is 2.80 bits per heavy atom. The van der Waals surface area contributed by atoms with Gasteiger partial charge in [-0.15, -0.1) is 0 Å². The summed E-state index contributed by atoms with van der Waals surface area (Å²) in [4.78, 5) is 0. The van der Waals surface area contributed by atoms with Crippen LogP contribution in [-0.2, 0) is 0 Å². The third-order valence-corrected chi connectivity index (χ3v) is 2.06. The van der Waals surface area contributed by atoms with Gasteiger partial charge >= 0.3 is 0 Å². The summed E-state index contributed by atoms with van der Waals surface area (Å²) in [5.41, 5.74) is 7.43. The monoisotopic (exact) mass is 205 g/mol. The van der Waals surface area contributed by atoms with Gasteiger partial charge in [0.05, 0.1) is 7.11 Å². The molecule has 0 aliphatic carbocycles. The molecule has 1 aromatic carbocycles. The maximum absolute atomic E-state index is 5.61. The van der Waals surface area contributed by atoms with Crippen molar-refractivity contribution in [3.8, 4) is 11.4 Å². The van der Waals surface area contributed by atoms with Gasteiger partial charge in [-0.3, -0.25) is 0 Å². The number of hydrogen-bond acceptors (Lipinski definition) is 5. The molecule has 0 unspecified atom stereocenters. The second kappa shape index (κ2) is 3.56. The summed E-state index contributed by atoms with van der Waals surface area (Å²) in [6, 6.07) is 5.70. The fraction of sp³-hybridized carbons (Fsp3) is 0.222. The summed E-state index contributed by atoms with van der Waals surface area (Å²) >= 11 is 0. The highest BCUT2D eigenvalue weighted by Gasteiger charge is 2.09. The topological polar surface area (TPSA) is 78.8 Å². The first kappa shape index (κ1) is 9.45. The molecule has 0 spiro atoms. The molecule has 1 aromatic heterocycles. The zero-order valence-corrected chi connectivity index (χ0v) is 8.51. The molecule has 6 heteroatoms. The average Bonchev–Trinajstić information content (AvgIpc) is 2.64. The molecule has 0 bridgehead atoms. The van der Waals surface area contributed by atoms with Crippen LogP contribution in [0.3, 0.4) is 0 Å². The summed E-state index contributed by atoms with van der Waals surface area (Å²) in [7, 11) is 1.60. The molecule has 0 saturated carbocycles. The number of aryl methyl sites for hydroxylation is 1.